The predicted molar refractivity (Wildman–Crippen MR) is 131 cm³/mol. The Morgan fingerprint density at radius 1 is 1.28 bits per heavy atom. The summed E-state index contributed by atoms with van der Waals surface area (Å²) in [5.74, 6) is 0.579. The first-order chi connectivity index (χ1) is 17.2. The summed E-state index contributed by atoms with van der Waals surface area (Å²) in [4.78, 5) is 21.5. The SMILES string of the molecule is C=C(N)/C(=C\C=C/NCOP(=O)(O)O)c1cc(Cc2ccc(OCCc3ccccc3F)nc2)no1. The van der Waals surface area contributed by atoms with E-state index in [1.807, 2.05) is 6.07 Å². The quantitative estimate of drug-likeness (QED) is 0.115. The summed E-state index contributed by atoms with van der Waals surface area (Å²) in [7, 11) is -4.54. The average Bonchev–Trinajstić information content (AvgIpc) is 3.28. The number of benzene rings is 1. The molecule has 3 rings (SSSR count). The minimum atomic E-state index is -4.54. The Balaban J connectivity index is 1.53. The Morgan fingerprint density at radius 2 is 2.08 bits per heavy atom. The van der Waals surface area contributed by atoms with Gasteiger partial charge in [0.2, 0.25) is 5.88 Å². The number of nitrogens with zero attached hydrogens (tertiary/aromatic N) is 2. The monoisotopic (exact) mass is 516 g/mol. The molecule has 0 fully saturated rings. The van der Waals surface area contributed by atoms with Crippen molar-refractivity contribution in [3.05, 3.63) is 108 Å². The predicted octanol–water partition coefficient (Wildman–Crippen LogP) is 3.45. The molecule has 0 radical (unpaired) electrons. The summed E-state index contributed by atoms with van der Waals surface area (Å²) in [5.41, 5.74) is 8.69. The van der Waals surface area contributed by atoms with Crippen molar-refractivity contribution < 1.29 is 32.5 Å². The molecule has 0 bridgehead atoms. The van der Waals surface area contributed by atoms with E-state index in [1.165, 1.54) is 12.3 Å². The molecule has 1 aromatic carbocycles. The van der Waals surface area contributed by atoms with Gasteiger partial charge in [-0.3, -0.25) is 4.52 Å². The fourth-order valence-corrected chi connectivity index (χ4v) is 3.27. The summed E-state index contributed by atoms with van der Waals surface area (Å²) in [6.07, 6.45) is 7.13. The van der Waals surface area contributed by atoms with E-state index in [1.54, 1.807) is 48.7 Å². The smallest absolute Gasteiger partial charge is 0.471 e. The van der Waals surface area contributed by atoms with Crippen LogP contribution in [0.15, 0.2) is 83.8 Å². The molecule has 0 saturated heterocycles. The van der Waals surface area contributed by atoms with Gasteiger partial charge in [-0.1, -0.05) is 36.0 Å². The van der Waals surface area contributed by atoms with Crippen LogP contribution in [0.4, 0.5) is 4.39 Å². The van der Waals surface area contributed by atoms with Gasteiger partial charge in [0.25, 0.3) is 0 Å². The molecule has 0 atom stereocenters. The number of nitrogens with two attached hydrogens (primary N) is 1. The third kappa shape index (κ3) is 8.79. The largest absolute Gasteiger partial charge is 0.477 e. The van der Waals surface area contributed by atoms with Gasteiger partial charge in [-0.15, -0.1) is 0 Å². The van der Waals surface area contributed by atoms with Gasteiger partial charge in [0.05, 0.1) is 12.3 Å². The van der Waals surface area contributed by atoms with Crippen molar-refractivity contribution in [1.29, 1.82) is 0 Å². The summed E-state index contributed by atoms with van der Waals surface area (Å²) >= 11 is 0. The van der Waals surface area contributed by atoms with Crippen LogP contribution in [0.5, 0.6) is 5.88 Å². The van der Waals surface area contributed by atoms with Gasteiger partial charge in [-0.05, 0) is 35.5 Å². The molecular weight excluding hydrogens is 490 g/mol. The fraction of sp³-hybridized carbons (Fsp3) is 0.167. The molecule has 0 spiro atoms. The van der Waals surface area contributed by atoms with Gasteiger partial charge in [-0.25, -0.2) is 13.9 Å². The fourth-order valence-electron chi connectivity index (χ4n) is 3.03. The van der Waals surface area contributed by atoms with E-state index < -0.39 is 7.82 Å². The van der Waals surface area contributed by atoms with Crippen LogP contribution < -0.4 is 15.8 Å². The summed E-state index contributed by atoms with van der Waals surface area (Å²) in [5, 5.41) is 6.62. The molecule has 2 aromatic heterocycles. The second-order valence-corrected chi connectivity index (χ2v) is 8.73. The van der Waals surface area contributed by atoms with Crippen molar-refractivity contribution in [1.82, 2.24) is 15.5 Å². The molecule has 0 aliphatic heterocycles. The lowest BCUT2D eigenvalue weighted by molar-refractivity contribution is 0.191. The summed E-state index contributed by atoms with van der Waals surface area (Å²) < 4.78 is 39.6. The maximum absolute atomic E-state index is 13.7. The maximum Gasteiger partial charge on any atom is 0.471 e. The number of phosphoric acid groups is 1. The Hall–Kier alpha value is -3.76. The highest BCUT2D eigenvalue weighted by molar-refractivity contribution is 7.46. The van der Waals surface area contributed by atoms with E-state index in [2.05, 4.69) is 26.6 Å². The van der Waals surface area contributed by atoms with Crippen LogP contribution >= 0.6 is 7.82 Å². The first kappa shape index (κ1) is 26.8. The van der Waals surface area contributed by atoms with Crippen molar-refractivity contribution in [2.24, 2.45) is 5.73 Å². The number of allylic oxidation sites excluding steroid dienone is 3. The lowest BCUT2D eigenvalue weighted by Crippen LogP contribution is -2.09. The topological polar surface area (TPSA) is 153 Å². The molecule has 190 valence electrons. The van der Waals surface area contributed by atoms with Crippen molar-refractivity contribution in [3.63, 3.8) is 0 Å². The van der Waals surface area contributed by atoms with Gasteiger partial charge >= 0.3 is 7.82 Å². The van der Waals surface area contributed by atoms with Crippen LogP contribution in [0.25, 0.3) is 5.57 Å². The maximum atomic E-state index is 13.7. The lowest BCUT2D eigenvalue weighted by Gasteiger charge is -2.06. The number of ether oxygens (including phenoxy) is 1. The summed E-state index contributed by atoms with van der Waals surface area (Å²) in [6.45, 7) is 3.66. The van der Waals surface area contributed by atoms with Crippen LogP contribution in [0.3, 0.4) is 0 Å². The second-order valence-electron chi connectivity index (χ2n) is 7.49. The number of hydrogen-bond donors (Lipinski definition) is 4. The van der Waals surface area contributed by atoms with Crippen molar-refractivity contribution in [2.75, 3.05) is 13.3 Å². The van der Waals surface area contributed by atoms with Crippen LogP contribution in [-0.2, 0) is 21.9 Å². The van der Waals surface area contributed by atoms with Crippen molar-refractivity contribution >= 4 is 13.4 Å². The van der Waals surface area contributed by atoms with Crippen LogP contribution in [0.2, 0.25) is 0 Å². The van der Waals surface area contributed by atoms with E-state index in [0.717, 1.165) is 5.56 Å². The van der Waals surface area contributed by atoms with Gasteiger partial charge in [0.1, 0.15) is 12.5 Å². The summed E-state index contributed by atoms with van der Waals surface area (Å²) in [6, 6.07) is 11.9. The zero-order valence-electron chi connectivity index (χ0n) is 19.2. The van der Waals surface area contributed by atoms with Crippen LogP contribution in [-0.4, -0.2) is 33.3 Å². The number of halogens is 1. The van der Waals surface area contributed by atoms with Gasteiger partial charge < -0.3 is 30.1 Å². The van der Waals surface area contributed by atoms with Crippen molar-refractivity contribution in [2.45, 2.75) is 12.8 Å². The molecule has 10 nitrogen and oxygen atoms in total. The second kappa shape index (κ2) is 12.8. The van der Waals surface area contributed by atoms with Crippen LogP contribution in [0.1, 0.15) is 22.6 Å². The molecule has 0 amide bonds. The van der Waals surface area contributed by atoms with E-state index >= 15 is 0 Å². The minimum Gasteiger partial charge on any atom is -0.477 e. The zero-order valence-corrected chi connectivity index (χ0v) is 20.1. The Labute approximate surface area is 207 Å². The molecule has 36 heavy (non-hydrogen) atoms. The highest BCUT2D eigenvalue weighted by Gasteiger charge is 2.13. The number of nitrogens with one attached hydrogen (secondary N) is 1. The third-order valence-electron chi connectivity index (χ3n) is 4.73. The molecule has 12 heteroatoms. The Morgan fingerprint density at radius 3 is 2.78 bits per heavy atom. The Kier molecular flexibility index (Phi) is 9.54. The zero-order chi connectivity index (χ0) is 26.0. The first-order valence-corrected chi connectivity index (χ1v) is 12.3. The van der Waals surface area contributed by atoms with Crippen LogP contribution in [0, 0.1) is 5.82 Å². The molecule has 3 aromatic rings. The van der Waals surface area contributed by atoms with Crippen molar-refractivity contribution in [3.8, 4) is 5.88 Å². The standard InChI is InChI=1S/C24H26FN4O6P/c1-17(26)21(6-4-11-27-16-34-36(30,31)32)23-14-20(29-35-23)13-18-8-9-24(28-15-18)33-12-10-19-5-2-3-7-22(19)25/h2-9,11,14-15,27H,1,10,12-13,16,26H2,(H2,30,31,32)/b11-4-,21-6+. The molecular formula is C24H26FN4O6P. The number of pyridine rings is 1. The molecule has 0 aliphatic carbocycles. The lowest BCUT2D eigenvalue weighted by atomic mass is 10.1. The number of rotatable bonds is 13. The Bertz CT molecular complexity index is 1270. The van der Waals surface area contributed by atoms with Gasteiger partial charge in [0.15, 0.2) is 5.76 Å². The molecule has 0 unspecified atom stereocenters. The molecule has 0 aliphatic rings. The van der Waals surface area contributed by atoms with Gasteiger partial charge in [0, 0.05) is 42.4 Å². The normalized spacial score (nSPS) is 12.1. The van der Waals surface area contributed by atoms with E-state index in [9.17, 15) is 8.96 Å². The molecule has 5 N–H and O–H groups in total. The number of phosphoric ester groups is 1. The number of hydrogen-bond acceptors (Lipinski definition) is 8. The highest BCUT2D eigenvalue weighted by atomic mass is 31.2. The van der Waals surface area contributed by atoms with E-state index in [0.29, 0.717) is 47.9 Å². The van der Waals surface area contributed by atoms with E-state index in [4.69, 9.17) is 24.8 Å². The number of aromatic nitrogens is 2. The highest BCUT2D eigenvalue weighted by Crippen LogP contribution is 2.34. The third-order valence-corrected chi connectivity index (χ3v) is 5.19. The molecule has 0 saturated carbocycles. The van der Waals surface area contributed by atoms with E-state index in [-0.39, 0.29) is 18.2 Å². The minimum absolute atomic E-state index is 0.243. The molecule has 2 heterocycles. The van der Waals surface area contributed by atoms with Gasteiger partial charge in [-0.2, -0.15) is 0 Å². The first-order valence-electron chi connectivity index (χ1n) is 10.7. The average molecular weight is 516 g/mol.